The van der Waals surface area contributed by atoms with E-state index in [2.05, 4.69) is 57.0 Å². The van der Waals surface area contributed by atoms with Gasteiger partial charge in [-0.3, -0.25) is 0 Å². The van der Waals surface area contributed by atoms with Crippen LogP contribution >= 0.6 is 31.9 Å². The lowest BCUT2D eigenvalue weighted by Crippen LogP contribution is -2.25. The van der Waals surface area contributed by atoms with Gasteiger partial charge in [-0.05, 0) is 48.2 Å². The number of hydrogen-bond donors (Lipinski definition) is 1. The van der Waals surface area contributed by atoms with Gasteiger partial charge in [-0.1, -0.05) is 50.1 Å². The molecule has 1 aliphatic heterocycles. The molecule has 0 fully saturated rings. The first kappa shape index (κ1) is 15.1. The molecule has 0 bridgehead atoms. The molecule has 0 saturated carbocycles. The molecule has 0 aromatic heterocycles. The third kappa shape index (κ3) is 2.89. The van der Waals surface area contributed by atoms with Crippen molar-refractivity contribution in [1.29, 1.82) is 0 Å². The van der Waals surface area contributed by atoms with E-state index >= 15 is 0 Å². The largest absolute Gasteiger partial charge is 0.493 e. The van der Waals surface area contributed by atoms with Crippen molar-refractivity contribution in [3.8, 4) is 5.75 Å². The predicted molar refractivity (Wildman–Crippen MR) is 92.8 cm³/mol. The van der Waals surface area contributed by atoms with E-state index in [1.165, 1.54) is 11.1 Å². The Morgan fingerprint density at radius 1 is 1.19 bits per heavy atom. The SMILES string of the molecule is Cc1cc(Br)c(C(N)C2CCOc3ccccc32)cc1Br. The van der Waals surface area contributed by atoms with Crippen LogP contribution in [-0.4, -0.2) is 6.61 Å². The maximum absolute atomic E-state index is 6.60. The number of nitrogens with two attached hydrogens (primary N) is 1. The minimum absolute atomic E-state index is 0.0543. The number of halogens is 2. The van der Waals surface area contributed by atoms with Crippen molar-refractivity contribution in [2.45, 2.75) is 25.3 Å². The summed E-state index contributed by atoms with van der Waals surface area (Å²) in [7, 11) is 0. The van der Waals surface area contributed by atoms with Crippen molar-refractivity contribution in [3.63, 3.8) is 0 Å². The van der Waals surface area contributed by atoms with Gasteiger partial charge in [0.25, 0.3) is 0 Å². The van der Waals surface area contributed by atoms with Crippen LogP contribution in [0, 0.1) is 6.92 Å². The smallest absolute Gasteiger partial charge is 0.122 e. The van der Waals surface area contributed by atoms with E-state index < -0.39 is 0 Å². The van der Waals surface area contributed by atoms with Crippen LogP contribution in [0.5, 0.6) is 5.75 Å². The van der Waals surface area contributed by atoms with Gasteiger partial charge in [0.2, 0.25) is 0 Å². The molecule has 0 radical (unpaired) electrons. The molecule has 0 spiro atoms. The molecule has 2 N–H and O–H groups in total. The standard InChI is InChI=1S/C17H17Br2NO/c1-10-8-15(19)13(9-14(10)18)17(20)12-6-7-21-16-5-3-2-4-11(12)16/h2-5,8-9,12,17H,6-7,20H2,1H3. The molecule has 1 heterocycles. The Labute approximate surface area is 141 Å². The second kappa shape index (κ2) is 6.11. The fourth-order valence-corrected chi connectivity index (χ4v) is 3.96. The minimum Gasteiger partial charge on any atom is -0.493 e. The summed E-state index contributed by atoms with van der Waals surface area (Å²) in [5, 5.41) is 0. The average Bonchev–Trinajstić information content (AvgIpc) is 2.49. The van der Waals surface area contributed by atoms with Crippen molar-refractivity contribution in [3.05, 3.63) is 62.0 Å². The van der Waals surface area contributed by atoms with Gasteiger partial charge in [0.15, 0.2) is 0 Å². The van der Waals surface area contributed by atoms with Gasteiger partial charge in [0, 0.05) is 20.9 Å². The summed E-state index contributed by atoms with van der Waals surface area (Å²) < 4.78 is 7.90. The van der Waals surface area contributed by atoms with Crippen LogP contribution in [0.15, 0.2) is 45.3 Å². The van der Waals surface area contributed by atoms with E-state index in [0.29, 0.717) is 0 Å². The second-order valence-electron chi connectivity index (χ2n) is 5.43. The molecule has 0 saturated heterocycles. The summed E-state index contributed by atoms with van der Waals surface area (Å²) in [6.07, 6.45) is 0.941. The summed E-state index contributed by atoms with van der Waals surface area (Å²) >= 11 is 7.26. The van der Waals surface area contributed by atoms with Crippen LogP contribution in [0.25, 0.3) is 0 Å². The van der Waals surface area contributed by atoms with E-state index in [1.54, 1.807) is 0 Å². The molecule has 4 heteroatoms. The van der Waals surface area contributed by atoms with Crippen LogP contribution < -0.4 is 10.5 Å². The maximum atomic E-state index is 6.60. The summed E-state index contributed by atoms with van der Waals surface area (Å²) in [5.41, 5.74) is 10.1. The van der Waals surface area contributed by atoms with Gasteiger partial charge < -0.3 is 10.5 Å². The highest BCUT2D eigenvalue weighted by Gasteiger charge is 2.28. The molecule has 21 heavy (non-hydrogen) atoms. The van der Waals surface area contributed by atoms with E-state index in [4.69, 9.17) is 10.5 Å². The van der Waals surface area contributed by atoms with Gasteiger partial charge in [-0.15, -0.1) is 0 Å². The topological polar surface area (TPSA) is 35.2 Å². The Morgan fingerprint density at radius 3 is 2.76 bits per heavy atom. The van der Waals surface area contributed by atoms with Gasteiger partial charge >= 0.3 is 0 Å². The lowest BCUT2D eigenvalue weighted by Gasteiger charge is -2.31. The van der Waals surface area contributed by atoms with Gasteiger partial charge in [-0.2, -0.15) is 0 Å². The van der Waals surface area contributed by atoms with Crippen molar-refractivity contribution in [2.75, 3.05) is 6.61 Å². The fraction of sp³-hybridized carbons (Fsp3) is 0.294. The quantitative estimate of drug-likeness (QED) is 0.748. The van der Waals surface area contributed by atoms with E-state index in [-0.39, 0.29) is 12.0 Å². The number of para-hydroxylation sites is 1. The lowest BCUT2D eigenvalue weighted by atomic mass is 9.83. The molecular formula is C17H17Br2NO. The molecule has 2 aromatic carbocycles. The van der Waals surface area contributed by atoms with Crippen LogP contribution in [0.2, 0.25) is 0 Å². The number of benzene rings is 2. The average molecular weight is 411 g/mol. The first-order valence-corrected chi connectivity index (χ1v) is 8.59. The number of rotatable bonds is 2. The molecule has 0 aliphatic carbocycles. The number of hydrogen-bond acceptors (Lipinski definition) is 2. The fourth-order valence-electron chi connectivity index (χ4n) is 2.88. The van der Waals surface area contributed by atoms with Crippen molar-refractivity contribution < 1.29 is 4.74 Å². The second-order valence-corrected chi connectivity index (χ2v) is 7.14. The molecule has 3 rings (SSSR count). The Hall–Kier alpha value is -0.840. The highest BCUT2D eigenvalue weighted by Crippen LogP contribution is 2.42. The molecule has 1 aliphatic rings. The van der Waals surface area contributed by atoms with E-state index in [1.807, 2.05) is 18.2 Å². The Kier molecular flexibility index (Phi) is 4.38. The number of aryl methyl sites for hydroxylation is 1. The monoisotopic (exact) mass is 409 g/mol. The van der Waals surface area contributed by atoms with Crippen LogP contribution in [0.3, 0.4) is 0 Å². The predicted octanol–water partition coefficient (Wildman–Crippen LogP) is 5.09. The van der Waals surface area contributed by atoms with Crippen molar-refractivity contribution in [1.82, 2.24) is 0 Å². The molecule has 2 nitrogen and oxygen atoms in total. The highest BCUT2D eigenvalue weighted by atomic mass is 79.9. The lowest BCUT2D eigenvalue weighted by molar-refractivity contribution is 0.255. The third-order valence-electron chi connectivity index (χ3n) is 4.08. The van der Waals surface area contributed by atoms with Crippen molar-refractivity contribution >= 4 is 31.9 Å². The number of fused-ring (bicyclic) bond motifs is 1. The molecule has 110 valence electrons. The summed E-state index contributed by atoms with van der Waals surface area (Å²) in [4.78, 5) is 0. The number of ether oxygens (including phenoxy) is 1. The van der Waals surface area contributed by atoms with E-state index in [0.717, 1.165) is 33.3 Å². The normalized spacial score (nSPS) is 18.8. The molecule has 2 aromatic rings. The first-order chi connectivity index (χ1) is 10.1. The van der Waals surface area contributed by atoms with Crippen LogP contribution in [-0.2, 0) is 0 Å². The van der Waals surface area contributed by atoms with Crippen LogP contribution in [0.4, 0.5) is 0 Å². The van der Waals surface area contributed by atoms with E-state index in [9.17, 15) is 0 Å². The summed E-state index contributed by atoms with van der Waals surface area (Å²) in [6.45, 7) is 2.80. The summed E-state index contributed by atoms with van der Waals surface area (Å²) in [6, 6.07) is 12.4. The Morgan fingerprint density at radius 2 is 1.95 bits per heavy atom. The zero-order valence-corrected chi connectivity index (χ0v) is 14.9. The molecule has 0 amide bonds. The van der Waals surface area contributed by atoms with Gasteiger partial charge in [0.1, 0.15) is 5.75 Å². The maximum Gasteiger partial charge on any atom is 0.122 e. The highest BCUT2D eigenvalue weighted by molar-refractivity contribution is 9.11. The summed E-state index contributed by atoms with van der Waals surface area (Å²) in [5.74, 6) is 1.24. The zero-order chi connectivity index (χ0) is 15.0. The first-order valence-electron chi connectivity index (χ1n) is 7.01. The third-order valence-corrected chi connectivity index (χ3v) is 5.62. The molecule has 2 unspecified atom stereocenters. The Balaban J connectivity index is 2.00. The molecule has 2 atom stereocenters. The Bertz CT molecular complexity index is 672. The molecular weight excluding hydrogens is 394 g/mol. The minimum atomic E-state index is -0.0543. The van der Waals surface area contributed by atoms with Gasteiger partial charge in [0.05, 0.1) is 6.61 Å². The van der Waals surface area contributed by atoms with Crippen molar-refractivity contribution in [2.24, 2.45) is 5.73 Å². The van der Waals surface area contributed by atoms with Crippen LogP contribution in [0.1, 0.15) is 35.1 Å². The zero-order valence-electron chi connectivity index (χ0n) is 11.8. The van der Waals surface area contributed by atoms with Gasteiger partial charge in [-0.25, -0.2) is 0 Å².